The molecule has 0 amide bonds. The predicted octanol–water partition coefficient (Wildman–Crippen LogP) is 2.28. The van der Waals surface area contributed by atoms with Crippen molar-refractivity contribution in [1.29, 1.82) is 0 Å². The molecule has 2 bridgehead atoms. The second-order valence-electron chi connectivity index (χ2n) is 7.99. The number of nitrogens with one attached hydrogen (secondary N) is 1. The van der Waals surface area contributed by atoms with E-state index in [1.165, 1.54) is 14.2 Å². The van der Waals surface area contributed by atoms with Gasteiger partial charge < -0.3 is 19.2 Å². The fourth-order valence-corrected chi connectivity index (χ4v) is 4.87. The Morgan fingerprint density at radius 1 is 1.03 bits per heavy atom. The van der Waals surface area contributed by atoms with Gasteiger partial charge in [0.1, 0.15) is 6.10 Å². The molecular weight excluding hydrogens is 388 g/mol. The molecule has 160 valence electrons. The van der Waals surface area contributed by atoms with Crippen LogP contribution in [0.5, 0.6) is 0 Å². The third kappa shape index (κ3) is 3.92. The first-order valence-corrected chi connectivity index (χ1v) is 10.2. The number of hydrogen-bond donors (Lipinski definition) is 1. The Morgan fingerprint density at radius 2 is 1.73 bits per heavy atom. The number of carbonyl (C=O) groups excluding carboxylic acids is 3. The molecule has 30 heavy (non-hydrogen) atoms. The van der Waals surface area contributed by atoms with Gasteiger partial charge in [0.2, 0.25) is 0 Å². The standard InChI is InChI=1S/C22H26N2O6/c1-28-20(25)12-24-14-7-13(21(26)29-2)8-15(24)10-16(9-14)30-22(27)18-11-23-19-6-4-3-5-17(18)19/h3-6,11,13-16,23H,7-10,12H2,1-2H3/t13?,14-,15+,16?. The summed E-state index contributed by atoms with van der Waals surface area (Å²) in [4.78, 5) is 42.0. The number of fused-ring (bicyclic) bond motifs is 3. The second-order valence-corrected chi connectivity index (χ2v) is 7.99. The lowest BCUT2D eigenvalue weighted by atomic mass is 9.77. The molecule has 8 nitrogen and oxygen atoms in total. The highest BCUT2D eigenvalue weighted by molar-refractivity contribution is 6.04. The highest BCUT2D eigenvalue weighted by Crippen LogP contribution is 2.39. The van der Waals surface area contributed by atoms with Crippen LogP contribution in [-0.2, 0) is 23.8 Å². The topological polar surface area (TPSA) is 97.9 Å². The molecule has 4 atom stereocenters. The summed E-state index contributed by atoms with van der Waals surface area (Å²) in [5.74, 6) is -1.10. The van der Waals surface area contributed by atoms with E-state index in [1.54, 1.807) is 6.20 Å². The van der Waals surface area contributed by atoms with Gasteiger partial charge in [-0.15, -0.1) is 0 Å². The lowest BCUT2D eigenvalue weighted by molar-refractivity contribution is -0.154. The van der Waals surface area contributed by atoms with Crippen molar-refractivity contribution in [3.63, 3.8) is 0 Å². The predicted molar refractivity (Wildman–Crippen MR) is 108 cm³/mol. The maximum atomic E-state index is 12.8. The van der Waals surface area contributed by atoms with Crippen LogP contribution in [0.1, 0.15) is 36.0 Å². The van der Waals surface area contributed by atoms with Gasteiger partial charge in [-0.05, 0) is 18.9 Å². The molecule has 2 saturated heterocycles. The summed E-state index contributed by atoms with van der Waals surface area (Å²) in [5.41, 5.74) is 1.40. The number of aromatic amines is 1. The van der Waals surface area contributed by atoms with Gasteiger partial charge in [0.25, 0.3) is 0 Å². The zero-order valence-corrected chi connectivity index (χ0v) is 17.1. The second kappa shape index (κ2) is 8.47. The number of methoxy groups -OCH3 is 2. The fourth-order valence-electron chi connectivity index (χ4n) is 4.87. The molecule has 3 heterocycles. The quantitative estimate of drug-likeness (QED) is 0.592. The summed E-state index contributed by atoms with van der Waals surface area (Å²) < 4.78 is 15.6. The van der Waals surface area contributed by atoms with E-state index in [9.17, 15) is 14.4 Å². The molecule has 1 aromatic carbocycles. The van der Waals surface area contributed by atoms with Crippen LogP contribution >= 0.6 is 0 Å². The maximum absolute atomic E-state index is 12.8. The number of piperidine rings is 2. The number of nitrogens with zero attached hydrogens (tertiary/aromatic N) is 1. The van der Waals surface area contributed by atoms with Crippen LogP contribution in [0.3, 0.4) is 0 Å². The van der Waals surface area contributed by atoms with E-state index in [2.05, 4.69) is 9.88 Å². The molecule has 0 aliphatic carbocycles. The number of carbonyl (C=O) groups is 3. The average molecular weight is 414 g/mol. The van der Waals surface area contributed by atoms with Crippen LogP contribution in [0.15, 0.2) is 30.5 Å². The minimum absolute atomic E-state index is 0.0542. The van der Waals surface area contributed by atoms with Crippen LogP contribution in [0.2, 0.25) is 0 Å². The first-order valence-electron chi connectivity index (χ1n) is 10.2. The Morgan fingerprint density at radius 3 is 2.40 bits per heavy atom. The first kappa shape index (κ1) is 20.4. The third-order valence-electron chi connectivity index (χ3n) is 6.28. The molecule has 0 spiro atoms. The normalized spacial score (nSPS) is 26.2. The number of esters is 3. The molecule has 2 unspecified atom stereocenters. The molecule has 2 aromatic rings. The summed E-state index contributed by atoms with van der Waals surface area (Å²) in [7, 11) is 2.76. The Bertz CT molecular complexity index is 938. The van der Waals surface area contributed by atoms with Crippen molar-refractivity contribution in [2.45, 2.75) is 43.9 Å². The average Bonchev–Trinajstić information content (AvgIpc) is 3.17. The van der Waals surface area contributed by atoms with Gasteiger partial charge in [-0.25, -0.2) is 4.79 Å². The number of ether oxygens (including phenoxy) is 3. The number of benzene rings is 1. The van der Waals surface area contributed by atoms with Gasteiger partial charge in [-0.2, -0.15) is 0 Å². The number of aromatic nitrogens is 1. The van der Waals surface area contributed by atoms with Crippen molar-refractivity contribution in [2.24, 2.45) is 5.92 Å². The lowest BCUT2D eigenvalue weighted by Crippen LogP contribution is -2.58. The Hall–Kier alpha value is -2.87. The number of para-hydroxylation sites is 1. The van der Waals surface area contributed by atoms with Crippen molar-refractivity contribution in [2.75, 3.05) is 20.8 Å². The minimum atomic E-state index is -0.360. The summed E-state index contributed by atoms with van der Waals surface area (Å²) >= 11 is 0. The van der Waals surface area contributed by atoms with E-state index in [1.807, 2.05) is 24.3 Å². The molecule has 4 rings (SSSR count). The van der Waals surface area contributed by atoms with E-state index in [-0.39, 0.29) is 48.6 Å². The van der Waals surface area contributed by atoms with Gasteiger partial charge in [0, 0.05) is 42.0 Å². The van der Waals surface area contributed by atoms with Gasteiger partial charge in [0.05, 0.1) is 32.2 Å². The van der Waals surface area contributed by atoms with Crippen LogP contribution in [0.4, 0.5) is 0 Å². The molecule has 1 N–H and O–H groups in total. The van der Waals surface area contributed by atoms with Crippen molar-refractivity contribution in [3.05, 3.63) is 36.0 Å². The third-order valence-corrected chi connectivity index (χ3v) is 6.28. The molecule has 2 fully saturated rings. The molecule has 2 aliphatic heterocycles. The molecule has 8 heteroatoms. The van der Waals surface area contributed by atoms with Gasteiger partial charge >= 0.3 is 17.9 Å². The molecular formula is C22H26N2O6. The van der Waals surface area contributed by atoms with Gasteiger partial charge in [0.15, 0.2) is 0 Å². The van der Waals surface area contributed by atoms with Crippen molar-refractivity contribution >= 4 is 28.8 Å². The van der Waals surface area contributed by atoms with Crippen molar-refractivity contribution < 1.29 is 28.6 Å². The van der Waals surface area contributed by atoms with Crippen LogP contribution in [0.25, 0.3) is 10.9 Å². The first-order chi connectivity index (χ1) is 14.5. The summed E-state index contributed by atoms with van der Waals surface area (Å²) in [6, 6.07) is 7.48. The van der Waals surface area contributed by atoms with Crippen LogP contribution in [0, 0.1) is 5.92 Å². The summed E-state index contributed by atoms with van der Waals surface area (Å²) in [5, 5.41) is 0.830. The van der Waals surface area contributed by atoms with Crippen LogP contribution in [-0.4, -0.2) is 66.7 Å². The zero-order chi connectivity index (χ0) is 21.3. The number of rotatable bonds is 5. The SMILES string of the molecule is COC(=O)CN1[C@@H]2CC(OC(=O)c3c[nH]c4ccccc34)C[C@H]1CC(C(=O)OC)C2. The van der Waals surface area contributed by atoms with E-state index >= 15 is 0 Å². The Kier molecular flexibility index (Phi) is 5.76. The Labute approximate surface area is 174 Å². The van der Waals surface area contributed by atoms with Gasteiger partial charge in [-0.1, -0.05) is 18.2 Å². The largest absolute Gasteiger partial charge is 0.469 e. The Balaban J connectivity index is 1.48. The minimum Gasteiger partial charge on any atom is -0.469 e. The smallest absolute Gasteiger partial charge is 0.340 e. The van der Waals surface area contributed by atoms with E-state index in [0.29, 0.717) is 31.2 Å². The fraction of sp³-hybridized carbons (Fsp3) is 0.500. The van der Waals surface area contributed by atoms with Crippen molar-refractivity contribution in [1.82, 2.24) is 9.88 Å². The highest BCUT2D eigenvalue weighted by Gasteiger charge is 2.45. The molecule has 1 aromatic heterocycles. The molecule has 2 aliphatic rings. The number of H-pyrrole nitrogens is 1. The highest BCUT2D eigenvalue weighted by atomic mass is 16.5. The molecule has 0 radical (unpaired) electrons. The van der Waals surface area contributed by atoms with E-state index < -0.39 is 0 Å². The number of hydrogen-bond acceptors (Lipinski definition) is 7. The van der Waals surface area contributed by atoms with Crippen molar-refractivity contribution in [3.8, 4) is 0 Å². The summed E-state index contributed by atoms with van der Waals surface area (Å²) in [6.45, 7) is 0.169. The lowest BCUT2D eigenvalue weighted by Gasteiger charge is -2.49. The van der Waals surface area contributed by atoms with Gasteiger partial charge in [-0.3, -0.25) is 14.5 Å². The van der Waals surface area contributed by atoms with E-state index in [0.717, 1.165) is 10.9 Å². The summed E-state index contributed by atoms with van der Waals surface area (Å²) in [6.07, 6.45) is 3.67. The van der Waals surface area contributed by atoms with E-state index in [4.69, 9.17) is 14.2 Å². The van der Waals surface area contributed by atoms with Crippen LogP contribution < -0.4 is 0 Å². The molecule has 0 saturated carbocycles. The monoisotopic (exact) mass is 414 g/mol. The zero-order valence-electron chi connectivity index (χ0n) is 17.1. The maximum Gasteiger partial charge on any atom is 0.340 e.